The average Bonchev–Trinajstić information content (AvgIpc) is 2.82. The summed E-state index contributed by atoms with van der Waals surface area (Å²) in [7, 11) is 0. The summed E-state index contributed by atoms with van der Waals surface area (Å²) in [5.41, 5.74) is 3.38. The fraction of sp³-hybridized carbons (Fsp3) is 0.150. The summed E-state index contributed by atoms with van der Waals surface area (Å²) < 4.78 is 0. The Labute approximate surface area is 136 Å². The van der Waals surface area contributed by atoms with Gasteiger partial charge in [0.15, 0.2) is 0 Å². The van der Waals surface area contributed by atoms with E-state index >= 15 is 0 Å². The SMILES string of the molecule is C=Cc1c(/C=C\C)sc(/C(N=CC)=c2\ccccc2=C)c1C. The molecule has 2 aromatic rings. The smallest absolute Gasteiger partial charge is 0.0878 e. The van der Waals surface area contributed by atoms with E-state index in [9.17, 15) is 0 Å². The Bertz CT molecular complexity index is 850. The van der Waals surface area contributed by atoms with Crippen molar-refractivity contribution in [1.29, 1.82) is 0 Å². The van der Waals surface area contributed by atoms with Crippen molar-refractivity contribution in [2.24, 2.45) is 4.99 Å². The molecule has 1 heterocycles. The molecule has 0 N–H and O–H groups in total. The van der Waals surface area contributed by atoms with Crippen LogP contribution in [0.4, 0.5) is 0 Å². The zero-order chi connectivity index (χ0) is 16.1. The highest BCUT2D eigenvalue weighted by atomic mass is 32.1. The van der Waals surface area contributed by atoms with Gasteiger partial charge >= 0.3 is 0 Å². The van der Waals surface area contributed by atoms with Gasteiger partial charge in [-0.3, -0.25) is 4.99 Å². The van der Waals surface area contributed by atoms with Crippen molar-refractivity contribution in [3.8, 4) is 0 Å². The van der Waals surface area contributed by atoms with E-state index in [2.05, 4.69) is 43.3 Å². The summed E-state index contributed by atoms with van der Waals surface area (Å²) in [6, 6.07) is 8.12. The molecule has 0 fully saturated rings. The molecule has 0 unspecified atom stereocenters. The monoisotopic (exact) mass is 307 g/mol. The van der Waals surface area contributed by atoms with Crippen LogP contribution in [0.25, 0.3) is 24.4 Å². The minimum Gasteiger partial charge on any atom is -0.259 e. The number of benzene rings is 1. The van der Waals surface area contributed by atoms with E-state index in [1.165, 1.54) is 20.9 Å². The molecule has 0 aliphatic carbocycles. The largest absolute Gasteiger partial charge is 0.259 e. The first kappa shape index (κ1) is 16.2. The van der Waals surface area contributed by atoms with Gasteiger partial charge in [-0.25, -0.2) is 0 Å². The molecule has 0 amide bonds. The van der Waals surface area contributed by atoms with E-state index < -0.39 is 0 Å². The van der Waals surface area contributed by atoms with Crippen molar-refractivity contribution in [2.45, 2.75) is 20.8 Å². The summed E-state index contributed by atoms with van der Waals surface area (Å²) in [6.07, 6.45) is 7.94. The highest BCUT2D eigenvalue weighted by molar-refractivity contribution is 7.14. The van der Waals surface area contributed by atoms with Crippen LogP contribution in [0.2, 0.25) is 0 Å². The van der Waals surface area contributed by atoms with Crippen molar-refractivity contribution in [1.82, 2.24) is 0 Å². The van der Waals surface area contributed by atoms with Gasteiger partial charge in [0.1, 0.15) is 0 Å². The molecule has 1 aromatic heterocycles. The highest BCUT2D eigenvalue weighted by Gasteiger charge is 2.14. The lowest BCUT2D eigenvalue weighted by atomic mass is 10.1. The second-order valence-electron chi connectivity index (χ2n) is 4.93. The maximum absolute atomic E-state index is 4.64. The molecule has 0 aliphatic heterocycles. The predicted octanol–water partition coefficient (Wildman–Crippen LogP) is 4.39. The van der Waals surface area contributed by atoms with E-state index in [0.29, 0.717) is 0 Å². The van der Waals surface area contributed by atoms with Crippen LogP contribution >= 0.6 is 11.3 Å². The zero-order valence-electron chi connectivity index (χ0n) is 13.4. The quantitative estimate of drug-likeness (QED) is 0.743. The number of thiophene rings is 1. The first-order chi connectivity index (χ1) is 10.6. The van der Waals surface area contributed by atoms with Gasteiger partial charge in [0, 0.05) is 16.3 Å². The van der Waals surface area contributed by atoms with E-state index in [1.807, 2.05) is 44.3 Å². The Morgan fingerprint density at radius 2 is 1.95 bits per heavy atom. The molecule has 0 saturated carbocycles. The Balaban J connectivity index is 2.88. The van der Waals surface area contributed by atoms with Crippen LogP contribution in [0.3, 0.4) is 0 Å². The first-order valence-electron chi connectivity index (χ1n) is 7.29. The molecule has 0 spiro atoms. The van der Waals surface area contributed by atoms with Gasteiger partial charge in [0.25, 0.3) is 0 Å². The minimum atomic E-state index is 0.981. The second kappa shape index (κ2) is 7.19. The van der Waals surface area contributed by atoms with E-state index in [0.717, 1.165) is 16.1 Å². The van der Waals surface area contributed by atoms with Gasteiger partial charge in [-0.15, -0.1) is 11.3 Å². The van der Waals surface area contributed by atoms with Crippen LogP contribution in [-0.2, 0) is 0 Å². The molecule has 0 radical (unpaired) electrons. The molecule has 2 heteroatoms. The van der Waals surface area contributed by atoms with E-state index in [-0.39, 0.29) is 0 Å². The summed E-state index contributed by atoms with van der Waals surface area (Å²) in [4.78, 5) is 7.03. The van der Waals surface area contributed by atoms with E-state index in [1.54, 1.807) is 11.3 Å². The summed E-state index contributed by atoms with van der Waals surface area (Å²) in [6.45, 7) is 14.2. The van der Waals surface area contributed by atoms with Gasteiger partial charge in [0.2, 0.25) is 0 Å². The number of allylic oxidation sites excluding steroid dienone is 1. The van der Waals surface area contributed by atoms with Crippen LogP contribution in [0.5, 0.6) is 0 Å². The molecule has 2 rings (SSSR count). The number of rotatable bonds is 4. The normalized spacial score (nSPS) is 13.0. The predicted molar refractivity (Wildman–Crippen MR) is 102 cm³/mol. The summed E-state index contributed by atoms with van der Waals surface area (Å²) >= 11 is 1.75. The molecule has 22 heavy (non-hydrogen) atoms. The van der Waals surface area contributed by atoms with Gasteiger partial charge in [-0.05, 0) is 43.2 Å². The molecule has 0 bridgehead atoms. The van der Waals surface area contributed by atoms with Crippen molar-refractivity contribution in [3.05, 3.63) is 68.2 Å². The third-order valence-electron chi connectivity index (χ3n) is 3.49. The van der Waals surface area contributed by atoms with Crippen LogP contribution in [0, 0.1) is 6.92 Å². The molecule has 112 valence electrons. The van der Waals surface area contributed by atoms with Crippen molar-refractivity contribution in [3.63, 3.8) is 0 Å². The first-order valence-corrected chi connectivity index (χ1v) is 8.11. The maximum Gasteiger partial charge on any atom is 0.0878 e. The summed E-state index contributed by atoms with van der Waals surface area (Å²) in [5, 5.41) is 2.07. The fourth-order valence-corrected chi connectivity index (χ4v) is 3.73. The third-order valence-corrected chi connectivity index (χ3v) is 4.77. The molecule has 0 atom stereocenters. The molecular weight excluding hydrogens is 286 g/mol. The lowest BCUT2D eigenvalue weighted by Crippen LogP contribution is -2.24. The standard InChI is InChI=1S/C20H21NS/c1-6-11-18-16(7-2)15(5)20(22-18)19(21-8-3)17-13-10-9-12-14(17)4/h6-13H,2,4H2,1,3,5H3/b11-6-,19-17-,21-8?. The average molecular weight is 307 g/mol. The Morgan fingerprint density at radius 3 is 2.55 bits per heavy atom. The summed E-state index contributed by atoms with van der Waals surface area (Å²) in [5.74, 6) is 0. The van der Waals surface area contributed by atoms with Crippen LogP contribution in [0.15, 0.2) is 41.9 Å². The highest BCUT2D eigenvalue weighted by Crippen LogP contribution is 2.34. The van der Waals surface area contributed by atoms with E-state index in [4.69, 9.17) is 0 Å². The van der Waals surface area contributed by atoms with Gasteiger partial charge in [0.05, 0.1) is 10.6 Å². The van der Waals surface area contributed by atoms with Gasteiger partial charge in [-0.1, -0.05) is 49.6 Å². The molecule has 0 aliphatic rings. The lowest BCUT2D eigenvalue weighted by molar-refractivity contribution is 1.40. The fourth-order valence-electron chi connectivity index (χ4n) is 2.43. The van der Waals surface area contributed by atoms with Crippen molar-refractivity contribution < 1.29 is 0 Å². The maximum atomic E-state index is 4.64. The molecular formula is C20H21NS. The Hall–Kier alpha value is -2.19. The molecule has 0 saturated heterocycles. The van der Waals surface area contributed by atoms with Crippen LogP contribution in [0.1, 0.15) is 34.7 Å². The van der Waals surface area contributed by atoms with Crippen LogP contribution in [-0.4, -0.2) is 6.21 Å². The number of hydrogen-bond acceptors (Lipinski definition) is 2. The number of aliphatic imine (C=N–C) groups is 1. The molecule has 1 nitrogen and oxygen atoms in total. The van der Waals surface area contributed by atoms with Crippen molar-refractivity contribution >= 4 is 42.0 Å². The lowest BCUT2D eigenvalue weighted by Gasteiger charge is -2.02. The number of nitrogens with zero attached hydrogens (tertiary/aromatic N) is 1. The van der Waals surface area contributed by atoms with Crippen LogP contribution < -0.4 is 10.4 Å². The third kappa shape index (κ3) is 3.02. The topological polar surface area (TPSA) is 12.4 Å². The van der Waals surface area contributed by atoms with Crippen molar-refractivity contribution in [2.75, 3.05) is 0 Å². The number of hydrogen-bond donors (Lipinski definition) is 0. The Morgan fingerprint density at radius 1 is 1.23 bits per heavy atom. The minimum absolute atomic E-state index is 0.981. The molecule has 1 aromatic carbocycles. The van der Waals surface area contributed by atoms with Gasteiger partial charge in [-0.2, -0.15) is 0 Å². The zero-order valence-corrected chi connectivity index (χ0v) is 14.2. The Kier molecular flexibility index (Phi) is 5.29. The van der Waals surface area contributed by atoms with Gasteiger partial charge < -0.3 is 0 Å². The second-order valence-corrected chi connectivity index (χ2v) is 5.98.